The van der Waals surface area contributed by atoms with Gasteiger partial charge in [-0.3, -0.25) is 4.79 Å². The highest BCUT2D eigenvalue weighted by molar-refractivity contribution is 7.91. The molecule has 4 rings (SSSR count). The third-order valence-corrected chi connectivity index (χ3v) is 7.56. The van der Waals surface area contributed by atoms with Gasteiger partial charge in [0.25, 0.3) is 0 Å². The van der Waals surface area contributed by atoms with Crippen LogP contribution < -0.4 is 10.2 Å². The van der Waals surface area contributed by atoms with Crippen LogP contribution in [0.3, 0.4) is 0 Å². The fourth-order valence-corrected chi connectivity index (χ4v) is 5.26. The van der Waals surface area contributed by atoms with Crippen molar-refractivity contribution in [3.63, 3.8) is 0 Å². The fourth-order valence-electron chi connectivity index (χ4n) is 3.91. The number of nitrogens with one attached hydrogen (secondary N) is 1. The molecule has 0 radical (unpaired) electrons. The number of amides is 1. The van der Waals surface area contributed by atoms with Gasteiger partial charge in [-0.25, -0.2) is 12.8 Å². The first-order valence-electron chi connectivity index (χ1n) is 11.8. The third kappa shape index (κ3) is 7.44. The van der Waals surface area contributed by atoms with Crippen LogP contribution in [0.1, 0.15) is 11.1 Å². The number of alkyl halides is 3. The van der Waals surface area contributed by atoms with Crippen molar-refractivity contribution in [1.82, 2.24) is 5.32 Å². The first-order chi connectivity index (χ1) is 18.5. The fraction of sp³-hybridized carbons (Fsp3) is 0.138. The number of benzene rings is 4. The van der Waals surface area contributed by atoms with E-state index in [2.05, 4.69) is 5.32 Å². The van der Waals surface area contributed by atoms with Crippen LogP contribution in [-0.4, -0.2) is 26.7 Å². The van der Waals surface area contributed by atoms with E-state index in [1.807, 2.05) is 0 Å². The SMILES string of the molecule is O=C(CN(CS(=O)(=O)c1ccc(F)cc1)c1ccccc1)NCc1cccc(-c2ccc(C(F)(F)F)cc2)c1. The van der Waals surface area contributed by atoms with E-state index in [4.69, 9.17) is 0 Å². The molecule has 10 heteroatoms. The molecule has 0 unspecified atom stereocenters. The van der Waals surface area contributed by atoms with Crippen LogP contribution in [0.2, 0.25) is 0 Å². The molecule has 0 saturated heterocycles. The van der Waals surface area contributed by atoms with Gasteiger partial charge < -0.3 is 10.2 Å². The number of halogens is 4. The molecular weight excluding hydrogens is 532 g/mol. The lowest BCUT2D eigenvalue weighted by Gasteiger charge is -2.24. The molecule has 4 aromatic rings. The van der Waals surface area contributed by atoms with Crippen LogP contribution in [0.25, 0.3) is 11.1 Å². The average molecular weight is 557 g/mol. The lowest BCUT2D eigenvalue weighted by molar-refractivity contribution is -0.137. The maximum absolute atomic E-state index is 13.3. The van der Waals surface area contributed by atoms with Crippen LogP contribution in [0.5, 0.6) is 0 Å². The molecule has 0 saturated carbocycles. The standard InChI is InChI=1S/C29H24F4N2O3S/c30-25-13-15-27(16-14-25)39(37,38)20-35(26-7-2-1-3-8-26)19-28(36)34-18-21-5-4-6-23(17-21)22-9-11-24(12-10-22)29(31,32)33/h1-17H,18-20H2,(H,34,36). The molecule has 1 N–H and O–H groups in total. The zero-order valence-corrected chi connectivity index (χ0v) is 21.3. The third-order valence-electron chi connectivity index (χ3n) is 5.92. The normalized spacial score (nSPS) is 11.7. The van der Waals surface area contributed by atoms with Crippen molar-refractivity contribution in [2.24, 2.45) is 0 Å². The maximum atomic E-state index is 13.3. The highest BCUT2D eigenvalue weighted by Gasteiger charge is 2.30. The summed E-state index contributed by atoms with van der Waals surface area (Å²) in [6, 6.07) is 24.9. The van der Waals surface area contributed by atoms with Gasteiger partial charge in [-0.1, -0.05) is 48.5 Å². The van der Waals surface area contributed by atoms with E-state index in [9.17, 15) is 30.8 Å². The molecule has 39 heavy (non-hydrogen) atoms. The minimum Gasteiger partial charge on any atom is -0.350 e. The van der Waals surface area contributed by atoms with Gasteiger partial charge in [-0.05, 0) is 71.3 Å². The van der Waals surface area contributed by atoms with Crippen molar-refractivity contribution in [3.8, 4) is 11.1 Å². The summed E-state index contributed by atoms with van der Waals surface area (Å²) in [7, 11) is -3.88. The molecule has 0 spiro atoms. The summed E-state index contributed by atoms with van der Waals surface area (Å²) >= 11 is 0. The first kappa shape index (κ1) is 27.8. The largest absolute Gasteiger partial charge is 0.416 e. The highest BCUT2D eigenvalue weighted by Crippen LogP contribution is 2.31. The molecule has 0 bridgehead atoms. The molecule has 4 aromatic carbocycles. The Labute approximate surface area is 223 Å². The Bertz CT molecular complexity index is 1520. The lowest BCUT2D eigenvalue weighted by Crippen LogP contribution is -2.39. The number of para-hydroxylation sites is 1. The Morgan fingerprint density at radius 3 is 2.10 bits per heavy atom. The van der Waals surface area contributed by atoms with E-state index < -0.39 is 39.2 Å². The van der Waals surface area contributed by atoms with Gasteiger partial charge in [-0.2, -0.15) is 13.2 Å². The van der Waals surface area contributed by atoms with Gasteiger partial charge in [0.2, 0.25) is 5.91 Å². The summed E-state index contributed by atoms with van der Waals surface area (Å²) in [6.07, 6.45) is -4.42. The Hall–Kier alpha value is -4.18. The van der Waals surface area contributed by atoms with Gasteiger partial charge >= 0.3 is 6.18 Å². The van der Waals surface area contributed by atoms with E-state index in [1.165, 1.54) is 29.2 Å². The van der Waals surface area contributed by atoms with Gasteiger partial charge in [0.15, 0.2) is 9.84 Å². The molecule has 0 aliphatic rings. The molecule has 5 nitrogen and oxygen atoms in total. The average Bonchev–Trinajstić information content (AvgIpc) is 2.92. The zero-order chi connectivity index (χ0) is 28.0. The summed E-state index contributed by atoms with van der Waals surface area (Å²) in [4.78, 5) is 14.2. The molecule has 0 aliphatic carbocycles. The zero-order valence-electron chi connectivity index (χ0n) is 20.5. The molecule has 202 valence electrons. The van der Waals surface area contributed by atoms with Crippen LogP contribution in [-0.2, 0) is 27.4 Å². The van der Waals surface area contributed by atoms with Gasteiger partial charge in [0, 0.05) is 12.2 Å². The molecule has 0 atom stereocenters. The second-order valence-electron chi connectivity index (χ2n) is 8.78. The second kappa shape index (κ2) is 11.7. The van der Waals surface area contributed by atoms with Crippen molar-refractivity contribution in [2.45, 2.75) is 17.6 Å². The highest BCUT2D eigenvalue weighted by atomic mass is 32.2. The number of hydrogen-bond acceptors (Lipinski definition) is 4. The summed E-state index contributed by atoms with van der Waals surface area (Å²) in [5.74, 6) is -1.50. The minimum atomic E-state index is -4.42. The summed E-state index contributed by atoms with van der Waals surface area (Å²) in [5, 5.41) is 2.77. The number of nitrogens with zero attached hydrogens (tertiary/aromatic N) is 1. The molecule has 1 amide bonds. The topological polar surface area (TPSA) is 66.5 Å². The number of sulfone groups is 1. The second-order valence-corrected chi connectivity index (χ2v) is 10.7. The molecular formula is C29H24F4N2O3S. The number of hydrogen-bond donors (Lipinski definition) is 1. The van der Waals surface area contributed by atoms with E-state index in [0.717, 1.165) is 24.3 Å². The van der Waals surface area contributed by atoms with Gasteiger partial charge in [0.1, 0.15) is 11.7 Å². The van der Waals surface area contributed by atoms with Crippen LogP contribution in [0.15, 0.2) is 108 Å². The Kier molecular flexibility index (Phi) is 8.35. The van der Waals surface area contributed by atoms with Crippen molar-refractivity contribution < 1.29 is 30.8 Å². The van der Waals surface area contributed by atoms with Crippen molar-refractivity contribution in [3.05, 3.63) is 120 Å². The van der Waals surface area contributed by atoms with Crippen LogP contribution in [0, 0.1) is 5.82 Å². The molecule has 0 aromatic heterocycles. The van der Waals surface area contributed by atoms with E-state index >= 15 is 0 Å². The molecule has 0 aliphatic heterocycles. The van der Waals surface area contributed by atoms with Crippen molar-refractivity contribution in [2.75, 3.05) is 17.3 Å². The number of carbonyl (C=O) groups excluding carboxylic acids is 1. The lowest BCUT2D eigenvalue weighted by atomic mass is 10.0. The Balaban J connectivity index is 1.44. The quantitative estimate of drug-likeness (QED) is 0.201. The van der Waals surface area contributed by atoms with Gasteiger partial charge in [0.05, 0.1) is 17.0 Å². The van der Waals surface area contributed by atoms with Crippen molar-refractivity contribution in [1.29, 1.82) is 0 Å². The smallest absolute Gasteiger partial charge is 0.350 e. The van der Waals surface area contributed by atoms with E-state index in [0.29, 0.717) is 22.4 Å². The summed E-state index contributed by atoms with van der Waals surface area (Å²) in [5.41, 5.74) is 1.77. The monoisotopic (exact) mass is 556 g/mol. The maximum Gasteiger partial charge on any atom is 0.416 e. The number of rotatable bonds is 9. The predicted molar refractivity (Wildman–Crippen MR) is 141 cm³/mol. The van der Waals surface area contributed by atoms with Crippen LogP contribution in [0.4, 0.5) is 23.2 Å². The first-order valence-corrected chi connectivity index (χ1v) is 13.5. The molecule has 0 heterocycles. The minimum absolute atomic E-state index is 0.0645. The molecule has 0 fully saturated rings. The summed E-state index contributed by atoms with van der Waals surface area (Å²) < 4.78 is 77.8. The van der Waals surface area contributed by atoms with Gasteiger partial charge in [-0.15, -0.1) is 0 Å². The number of anilines is 1. The summed E-state index contributed by atoms with van der Waals surface area (Å²) in [6.45, 7) is -0.135. The predicted octanol–water partition coefficient (Wildman–Crippen LogP) is 6.07. The Morgan fingerprint density at radius 2 is 1.46 bits per heavy atom. The van der Waals surface area contributed by atoms with E-state index in [1.54, 1.807) is 54.6 Å². The van der Waals surface area contributed by atoms with E-state index in [-0.39, 0.29) is 18.0 Å². The van der Waals surface area contributed by atoms with Crippen LogP contribution >= 0.6 is 0 Å². The number of carbonyl (C=O) groups is 1. The Morgan fingerprint density at radius 1 is 0.795 bits per heavy atom. The van der Waals surface area contributed by atoms with Crippen molar-refractivity contribution >= 4 is 21.4 Å².